The van der Waals surface area contributed by atoms with Crippen LogP contribution in [0.15, 0.2) is 0 Å². The maximum absolute atomic E-state index is 13.4. The molecule has 0 aliphatic carbocycles. The highest BCUT2D eigenvalue weighted by Crippen LogP contribution is 2.40. The number of rotatable bonds is 18. The van der Waals surface area contributed by atoms with Crippen molar-refractivity contribution in [3.63, 3.8) is 0 Å². The number of aliphatic hydroxyl groups is 16. The molecule has 0 bridgehead atoms. The molecule has 5 saturated heterocycles. The lowest BCUT2D eigenvalue weighted by atomic mass is 9.88. The molecule has 0 aromatic heterocycles. The van der Waals surface area contributed by atoms with Crippen LogP contribution in [0.3, 0.4) is 0 Å². The van der Waals surface area contributed by atoms with E-state index in [4.69, 9.17) is 42.6 Å². The quantitative estimate of drug-likeness (QED) is 0.0606. The Hall–Kier alpha value is -2.59. The van der Waals surface area contributed by atoms with Gasteiger partial charge in [-0.25, -0.2) is 4.79 Å². The Kier molecular flexibility index (Phi) is 19.7. The van der Waals surface area contributed by atoms with Crippen molar-refractivity contribution in [2.75, 3.05) is 33.0 Å². The van der Waals surface area contributed by atoms with Gasteiger partial charge in [-0.05, 0) is 0 Å². The Morgan fingerprint density at radius 3 is 1.63 bits per heavy atom. The largest absolute Gasteiger partial charge is 0.477 e. The number of carbonyl (C=O) groups excluding carboxylic acids is 2. The normalized spacial score (nSPS) is 46.6. The monoisotopic (exact) mass is 998 g/mol. The molecule has 0 aromatic rings. The number of aliphatic hydroxyl groups excluding tert-OH is 16. The van der Waals surface area contributed by atoms with Crippen LogP contribution in [0, 0.1) is 0 Å². The molecule has 0 radical (unpaired) electrons. The Balaban J connectivity index is 1.61. The van der Waals surface area contributed by atoms with Crippen molar-refractivity contribution in [3.8, 4) is 0 Å². The maximum atomic E-state index is 13.4. The Labute approximate surface area is 384 Å². The van der Waals surface area contributed by atoms with Crippen LogP contribution in [-0.4, -0.2) is 297 Å². The van der Waals surface area contributed by atoms with Gasteiger partial charge in [0.05, 0.1) is 45.2 Å². The summed E-state index contributed by atoms with van der Waals surface area (Å²) in [5.74, 6) is -7.24. The van der Waals surface area contributed by atoms with E-state index >= 15 is 0 Å². The summed E-state index contributed by atoms with van der Waals surface area (Å²) in [6.07, 6.45) is -48.5. The topological polar surface area (TPSA) is 502 Å². The van der Waals surface area contributed by atoms with E-state index in [0.29, 0.717) is 0 Å². The molecule has 394 valence electrons. The molecule has 68 heavy (non-hydrogen) atoms. The van der Waals surface area contributed by atoms with Gasteiger partial charge in [-0.1, -0.05) is 0 Å². The molecule has 0 saturated carbocycles. The third kappa shape index (κ3) is 11.8. The number of carboxylic acids is 1. The molecular weight excluding hydrogens is 936 g/mol. The molecule has 5 heterocycles. The van der Waals surface area contributed by atoms with E-state index in [9.17, 15) is 101 Å². The SMILES string of the molecule is CC(=O)NC1C(O)CC(OC2C(O)C(OC3C(CO)OC(O)C(O)C3O)OC(CO)C2OC2OC(CO)C(O)C(OC3OC(CO)C(O)C(O)C3O)C2NC(C)=O)(C(=O)O)OC1C(O)C(O)CO. The zero-order chi connectivity index (χ0) is 50.7. The number of carboxylic acid groups (broad SMARTS) is 1. The summed E-state index contributed by atoms with van der Waals surface area (Å²) >= 11 is 0. The molecule has 5 rings (SSSR count). The van der Waals surface area contributed by atoms with Crippen LogP contribution in [0.2, 0.25) is 0 Å². The first-order chi connectivity index (χ1) is 32.0. The number of hydrogen-bond acceptors (Lipinski definition) is 28. The van der Waals surface area contributed by atoms with Crippen molar-refractivity contribution < 1.29 is 144 Å². The number of ether oxygens (including phenoxy) is 9. The first-order valence-electron chi connectivity index (χ1n) is 21.2. The highest BCUT2D eigenvalue weighted by atomic mass is 16.8. The molecule has 31 heteroatoms. The van der Waals surface area contributed by atoms with Crippen LogP contribution in [0.25, 0.3) is 0 Å². The lowest BCUT2D eigenvalue weighted by Crippen LogP contribution is -2.72. The number of nitrogens with one attached hydrogen (secondary N) is 2. The van der Waals surface area contributed by atoms with Crippen LogP contribution in [-0.2, 0) is 57.0 Å². The van der Waals surface area contributed by atoms with Crippen molar-refractivity contribution in [2.45, 2.75) is 179 Å². The summed E-state index contributed by atoms with van der Waals surface area (Å²) in [6.45, 7) is -3.48. The molecule has 2 amide bonds. The number of amides is 2. The van der Waals surface area contributed by atoms with Crippen LogP contribution in [0.1, 0.15) is 20.3 Å². The second-order valence-electron chi connectivity index (χ2n) is 16.8. The zero-order valence-electron chi connectivity index (χ0n) is 36.2. The molecule has 26 unspecified atom stereocenters. The summed E-state index contributed by atoms with van der Waals surface area (Å²) in [6, 6.07) is -3.59. The lowest BCUT2D eigenvalue weighted by molar-refractivity contribution is -0.402. The smallest absolute Gasteiger partial charge is 0.364 e. The molecule has 5 fully saturated rings. The van der Waals surface area contributed by atoms with Crippen molar-refractivity contribution in [3.05, 3.63) is 0 Å². The van der Waals surface area contributed by atoms with Gasteiger partial charge in [0.25, 0.3) is 5.79 Å². The number of hydrogen-bond donors (Lipinski definition) is 19. The zero-order valence-corrected chi connectivity index (χ0v) is 36.2. The molecule has 26 atom stereocenters. The molecule has 0 spiro atoms. The standard InChI is InChI=1S/C37H62N2O29/c1-9(45)38-17-11(47)3-37(36(58)59,67-30(17)19(49)12(48)4-40)68-31-26(56)35(64-27-15(7-43)60-32(57)24(54)23(27)53)63-16(8-44)28(31)65-33-18(39-10(2)46)29(21(51)14(6-42)61-33)66-34-25(55)22(52)20(50)13(5-41)62-34/h11-35,40-44,47-57H,3-8H2,1-2H3,(H,38,45)(H,39,46)(H,58,59). The van der Waals surface area contributed by atoms with Crippen LogP contribution < -0.4 is 10.6 Å². The predicted octanol–water partition coefficient (Wildman–Crippen LogP) is -12.4. The fourth-order valence-electron chi connectivity index (χ4n) is 8.53. The van der Waals surface area contributed by atoms with Gasteiger partial charge in [0.15, 0.2) is 25.2 Å². The van der Waals surface area contributed by atoms with E-state index in [-0.39, 0.29) is 0 Å². The fourth-order valence-corrected chi connectivity index (χ4v) is 8.53. The average Bonchev–Trinajstić information content (AvgIpc) is 3.29. The van der Waals surface area contributed by atoms with Gasteiger partial charge in [0.2, 0.25) is 11.8 Å². The van der Waals surface area contributed by atoms with E-state index in [1.165, 1.54) is 0 Å². The Morgan fingerprint density at radius 2 is 1.07 bits per heavy atom. The summed E-state index contributed by atoms with van der Waals surface area (Å²) in [4.78, 5) is 38.3. The Morgan fingerprint density at radius 1 is 0.574 bits per heavy atom. The van der Waals surface area contributed by atoms with Crippen molar-refractivity contribution >= 4 is 17.8 Å². The van der Waals surface area contributed by atoms with Gasteiger partial charge >= 0.3 is 5.97 Å². The van der Waals surface area contributed by atoms with Gasteiger partial charge < -0.3 is 140 Å². The molecule has 5 aliphatic rings. The van der Waals surface area contributed by atoms with E-state index < -0.39 is 216 Å². The van der Waals surface area contributed by atoms with Crippen LogP contribution in [0.5, 0.6) is 0 Å². The van der Waals surface area contributed by atoms with Crippen LogP contribution >= 0.6 is 0 Å². The van der Waals surface area contributed by atoms with Gasteiger partial charge in [0.1, 0.15) is 116 Å². The van der Waals surface area contributed by atoms with E-state index in [1.54, 1.807) is 0 Å². The first kappa shape index (κ1) is 56.3. The van der Waals surface area contributed by atoms with Crippen molar-refractivity contribution in [2.24, 2.45) is 0 Å². The summed E-state index contributed by atoms with van der Waals surface area (Å²) < 4.78 is 51.6. The minimum atomic E-state index is -3.32. The van der Waals surface area contributed by atoms with Gasteiger partial charge in [-0.2, -0.15) is 0 Å². The van der Waals surface area contributed by atoms with Gasteiger partial charge in [-0.15, -0.1) is 0 Å². The molecule has 31 nitrogen and oxygen atoms in total. The number of aliphatic carboxylic acids is 1. The van der Waals surface area contributed by atoms with Crippen molar-refractivity contribution in [1.29, 1.82) is 0 Å². The predicted molar refractivity (Wildman–Crippen MR) is 207 cm³/mol. The van der Waals surface area contributed by atoms with E-state index in [2.05, 4.69) is 10.6 Å². The Bertz CT molecular complexity index is 1650. The summed E-state index contributed by atoms with van der Waals surface area (Å²) in [7, 11) is 0. The third-order valence-electron chi connectivity index (χ3n) is 12.1. The maximum Gasteiger partial charge on any atom is 0.364 e. The first-order valence-corrected chi connectivity index (χ1v) is 21.2. The molecular formula is C37H62N2O29. The van der Waals surface area contributed by atoms with Crippen molar-refractivity contribution in [1.82, 2.24) is 10.6 Å². The molecule has 19 N–H and O–H groups in total. The molecule has 0 aromatic carbocycles. The highest BCUT2D eigenvalue weighted by molar-refractivity contribution is 5.76. The minimum absolute atomic E-state index is 0.856. The van der Waals surface area contributed by atoms with Crippen LogP contribution in [0.4, 0.5) is 0 Å². The second kappa shape index (κ2) is 23.8. The average molecular weight is 999 g/mol. The summed E-state index contributed by atoms with van der Waals surface area (Å²) in [5.41, 5.74) is 0. The van der Waals surface area contributed by atoms with Gasteiger partial charge in [-0.3, -0.25) is 9.59 Å². The second-order valence-corrected chi connectivity index (χ2v) is 16.8. The minimum Gasteiger partial charge on any atom is -0.477 e. The fraction of sp³-hybridized carbons (Fsp3) is 0.919. The van der Waals surface area contributed by atoms with E-state index in [1.807, 2.05) is 0 Å². The summed E-state index contributed by atoms with van der Waals surface area (Å²) in [5, 5.41) is 185. The van der Waals surface area contributed by atoms with Gasteiger partial charge in [0, 0.05) is 20.3 Å². The molecule has 5 aliphatic heterocycles. The highest BCUT2D eigenvalue weighted by Gasteiger charge is 2.62. The lowest BCUT2D eigenvalue weighted by Gasteiger charge is -2.52. The van der Waals surface area contributed by atoms with E-state index in [0.717, 1.165) is 13.8 Å². The third-order valence-corrected chi connectivity index (χ3v) is 12.1. The number of carbonyl (C=O) groups is 3.